The highest BCUT2D eigenvalue weighted by molar-refractivity contribution is 5.57. The van der Waals surface area contributed by atoms with Gasteiger partial charge in [-0.1, -0.05) is 44.2 Å². The van der Waals surface area contributed by atoms with Crippen LogP contribution in [0.15, 0.2) is 46.9 Å². The van der Waals surface area contributed by atoms with Crippen molar-refractivity contribution < 1.29 is 4.42 Å². The number of rotatable bonds is 4. The van der Waals surface area contributed by atoms with Crippen molar-refractivity contribution in [1.29, 1.82) is 0 Å². The number of benzene rings is 1. The first-order valence-electron chi connectivity index (χ1n) is 9.84. The lowest BCUT2D eigenvalue weighted by molar-refractivity contribution is -0.118. The van der Waals surface area contributed by atoms with Gasteiger partial charge in [-0.25, -0.2) is 0 Å². The molecule has 2 aromatic rings. The van der Waals surface area contributed by atoms with Crippen LogP contribution >= 0.6 is 0 Å². The molecule has 4 saturated carbocycles. The number of nitrogens with one attached hydrogen (secondary N) is 1. The van der Waals surface area contributed by atoms with Gasteiger partial charge in [0, 0.05) is 11.1 Å². The Hall–Kier alpha value is -1.54. The van der Waals surface area contributed by atoms with Crippen molar-refractivity contribution >= 4 is 0 Å². The Morgan fingerprint density at radius 1 is 0.920 bits per heavy atom. The van der Waals surface area contributed by atoms with Crippen molar-refractivity contribution in [3.05, 3.63) is 48.2 Å². The van der Waals surface area contributed by atoms with Gasteiger partial charge in [0.15, 0.2) is 0 Å². The molecule has 4 aliphatic rings. The van der Waals surface area contributed by atoms with Gasteiger partial charge in [-0.3, -0.25) is 0 Å². The Balaban J connectivity index is 1.33. The zero-order chi connectivity index (χ0) is 17.1. The summed E-state index contributed by atoms with van der Waals surface area (Å²) in [4.78, 5) is 0. The van der Waals surface area contributed by atoms with E-state index in [9.17, 15) is 0 Å². The van der Waals surface area contributed by atoms with Crippen LogP contribution in [0.3, 0.4) is 0 Å². The molecule has 0 radical (unpaired) electrons. The summed E-state index contributed by atoms with van der Waals surface area (Å²) in [6, 6.07) is 14.6. The summed E-state index contributed by atoms with van der Waals surface area (Å²) in [6.07, 6.45) is 8.38. The molecule has 1 aromatic heterocycles. The van der Waals surface area contributed by atoms with E-state index in [1.807, 2.05) is 6.07 Å². The van der Waals surface area contributed by atoms with E-state index in [4.69, 9.17) is 4.42 Å². The largest absolute Gasteiger partial charge is 0.460 e. The summed E-state index contributed by atoms with van der Waals surface area (Å²) in [7, 11) is 0. The fourth-order valence-electron chi connectivity index (χ4n) is 7.15. The highest BCUT2D eigenvalue weighted by Crippen LogP contribution is 2.66. The van der Waals surface area contributed by atoms with E-state index in [1.165, 1.54) is 38.5 Å². The Labute approximate surface area is 151 Å². The lowest BCUT2D eigenvalue weighted by Crippen LogP contribution is -2.63. The van der Waals surface area contributed by atoms with Crippen LogP contribution < -0.4 is 5.32 Å². The molecule has 4 fully saturated rings. The van der Waals surface area contributed by atoms with Crippen LogP contribution in [0, 0.1) is 16.7 Å². The molecule has 0 aliphatic heterocycles. The molecule has 1 N–H and O–H groups in total. The van der Waals surface area contributed by atoms with E-state index < -0.39 is 0 Å². The van der Waals surface area contributed by atoms with Gasteiger partial charge in [0.25, 0.3) is 0 Å². The lowest BCUT2D eigenvalue weighted by atomic mass is 9.43. The second kappa shape index (κ2) is 5.23. The van der Waals surface area contributed by atoms with Crippen LogP contribution in [-0.4, -0.2) is 5.54 Å². The Morgan fingerprint density at radius 2 is 1.64 bits per heavy atom. The van der Waals surface area contributed by atoms with Crippen molar-refractivity contribution in [2.24, 2.45) is 16.7 Å². The summed E-state index contributed by atoms with van der Waals surface area (Å²) >= 11 is 0. The predicted octanol–water partition coefficient (Wildman–Crippen LogP) is 5.79. The van der Waals surface area contributed by atoms with Gasteiger partial charge in [-0.2, -0.15) is 0 Å². The molecule has 2 heteroatoms. The van der Waals surface area contributed by atoms with Crippen LogP contribution in [0.1, 0.15) is 58.1 Å². The van der Waals surface area contributed by atoms with Crippen molar-refractivity contribution in [3.8, 4) is 11.3 Å². The number of hydrogen-bond donors (Lipinski definition) is 1. The minimum Gasteiger partial charge on any atom is -0.460 e. The fourth-order valence-corrected chi connectivity index (χ4v) is 7.15. The maximum absolute atomic E-state index is 6.12. The number of furan rings is 1. The quantitative estimate of drug-likeness (QED) is 0.765. The minimum absolute atomic E-state index is 0.336. The Bertz CT molecular complexity index is 758. The van der Waals surface area contributed by atoms with Crippen LogP contribution in [0.25, 0.3) is 11.3 Å². The first-order chi connectivity index (χ1) is 12.0. The first kappa shape index (κ1) is 15.7. The van der Waals surface area contributed by atoms with E-state index in [2.05, 4.69) is 55.6 Å². The first-order valence-corrected chi connectivity index (χ1v) is 9.84. The van der Waals surface area contributed by atoms with E-state index in [0.717, 1.165) is 29.5 Å². The van der Waals surface area contributed by atoms with E-state index in [1.54, 1.807) is 0 Å². The molecule has 6 rings (SSSR count). The smallest absolute Gasteiger partial charge is 0.134 e. The molecule has 2 atom stereocenters. The van der Waals surface area contributed by atoms with Gasteiger partial charge in [0.2, 0.25) is 0 Å². The molecule has 25 heavy (non-hydrogen) atoms. The van der Waals surface area contributed by atoms with Crippen molar-refractivity contribution in [3.63, 3.8) is 0 Å². The van der Waals surface area contributed by atoms with Crippen LogP contribution in [0.5, 0.6) is 0 Å². The highest BCUT2D eigenvalue weighted by atomic mass is 16.3. The second-order valence-electron chi connectivity index (χ2n) is 9.90. The summed E-state index contributed by atoms with van der Waals surface area (Å²) in [5.41, 5.74) is 2.60. The monoisotopic (exact) mass is 335 g/mol. The third-order valence-corrected chi connectivity index (χ3v) is 6.98. The normalized spacial score (nSPS) is 39.0. The molecule has 0 amide bonds. The lowest BCUT2D eigenvalue weighted by Gasteiger charge is -2.65. The van der Waals surface area contributed by atoms with E-state index >= 15 is 0 Å². The Morgan fingerprint density at radius 3 is 2.32 bits per heavy atom. The molecule has 2 unspecified atom stereocenters. The van der Waals surface area contributed by atoms with Crippen molar-refractivity contribution in [1.82, 2.24) is 5.32 Å². The summed E-state index contributed by atoms with van der Waals surface area (Å²) < 4.78 is 6.12. The number of hydrogen-bond acceptors (Lipinski definition) is 2. The van der Waals surface area contributed by atoms with Gasteiger partial charge in [-0.15, -0.1) is 0 Å². The standard InChI is InChI=1S/C23H29NO/c1-21-10-17-11-22(2,14-21)16-23(12-17,15-21)24-13-19-8-9-20(25-19)18-6-4-3-5-7-18/h3-9,17,24H,10-16H2,1-2H3. The average molecular weight is 335 g/mol. The fraction of sp³-hybridized carbons (Fsp3) is 0.565. The highest BCUT2D eigenvalue weighted by Gasteiger charge is 2.59. The second-order valence-corrected chi connectivity index (χ2v) is 9.90. The van der Waals surface area contributed by atoms with Gasteiger partial charge in [0.1, 0.15) is 11.5 Å². The molecule has 1 aromatic carbocycles. The zero-order valence-electron chi connectivity index (χ0n) is 15.5. The molecule has 4 aliphatic carbocycles. The average Bonchev–Trinajstić information content (AvgIpc) is 2.99. The topological polar surface area (TPSA) is 25.2 Å². The van der Waals surface area contributed by atoms with Gasteiger partial charge in [-0.05, 0) is 67.4 Å². The van der Waals surface area contributed by atoms with Crippen molar-refractivity contribution in [2.45, 2.75) is 64.5 Å². The van der Waals surface area contributed by atoms with Crippen LogP contribution in [0.4, 0.5) is 0 Å². The van der Waals surface area contributed by atoms with Gasteiger partial charge in [0.05, 0.1) is 6.54 Å². The maximum atomic E-state index is 6.12. The molecule has 4 bridgehead atoms. The van der Waals surface area contributed by atoms with Crippen molar-refractivity contribution in [2.75, 3.05) is 0 Å². The summed E-state index contributed by atoms with van der Waals surface area (Å²) in [5.74, 6) is 2.96. The molecular weight excluding hydrogens is 306 g/mol. The molecule has 0 saturated heterocycles. The molecule has 132 valence electrons. The minimum atomic E-state index is 0.336. The van der Waals surface area contributed by atoms with Gasteiger partial charge < -0.3 is 9.73 Å². The van der Waals surface area contributed by atoms with E-state index in [0.29, 0.717) is 16.4 Å². The predicted molar refractivity (Wildman–Crippen MR) is 101 cm³/mol. The SMILES string of the molecule is CC12CC3CC(C)(C1)CC(NCc1ccc(-c4ccccc4)o1)(C3)C2. The third-order valence-electron chi connectivity index (χ3n) is 6.98. The zero-order valence-corrected chi connectivity index (χ0v) is 15.5. The summed E-state index contributed by atoms with van der Waals surface area (Å²) in [6.45, 7) is 5.92. The maximum Gasteiger partial charge on any atom is 0.134 e. The van der Waals surface area contributed by atoms with Crippen LogP contribution in [0.2, 0.25) is 0 Å². The van der Waals surface area contributed by atoms with Crippen LogP contribution in [-0.2, 0) is 6.54 Å². The Kier molecular flexibility index (Phi) is 3.29. The molecule has 1 heterocycles. The molecular formula is C23H29NO. The summed E-state index contributed by atoms with van der Waals surface area (Å²) in [5, 5.41) is 3.97. The third kappa shape index (κ3) is 2.75. The molecule has 0 spiro atoms. The molecule has 2 nitrogen and oxygen atoms in total. The van der Waals surface area contributed by atoms with Gasteiger partial charge >= 0.3 is 0 Å². The van der Waals surface area contributed by atoms with E-state index in [-0.39, 0.29) is 0 Å².